The van der Waals surface area contributed by atoms with Crippen LogP contribution in [0.4, 0.5) is 8.78 Å². The van der Waals surface area contributed by atoms with Crippen LogP contribution in [0, 0.1) is 17.6 Å². The fourth-order valence-electron chi connectivity index (χ4n) is 1.76. The number of aliphatic hydroxyl groups excluding tert-OH is 1. The molecule has 5 heteroatoms. The van der Waals surface area contributed by atoms with Crippen molar-refractivity contribution in [1.29, 1.82) is 0 Å². The van der Waals surface area contributed by atoms with Crippen molar-refractivity contribution in [3.05, 3.63) is 35.4 Å². The number of rotatable bonds is 9. The lowest BCUT2D eigenvalue weighted by molar-refractivity contribution is 0.0263. The van der Waals surface area contributed by atoms with Crippen LogP contribution in [-0.2, 0) is 11.2 Å². The lowest BCUT2D eigenvalue weighted by atomic mass is 10.1. The van der Waals surface area contributed by atoms with E-state index in [-0.39, 0.29) is 0 Å². The van der Waals surface area contributed by atoms with Crippen molar-refractivity contribution in [2.75, 3.05) is 26.3 Å². The first-order valence-corrected chi connectivity index (χ1v) is 6.89. The number of benzene rings is 1. The molecule has 3 nitrogen and oxygen atoms in total. The molecule has 0 saturated heterocycles. The molecule has 114 valence electrons. The number of halogens is 2. The Bertz CT molecular complexity index is 379. The highest BCUT2D eigenvalue weighted by Gasteiger charge is 2.05. The van der Waals surface area contributed by atoms with Crippen LogP contribution < -0.4 is 5.32 Å². The second kappa shape index (κ2) is 9.00. The van der Waals surface area contributed by atoms with E-state index in [4.69, 9.17) is 4.74 Å². The molecule has 0 aromatic heterocycles. The van der Waals surface area contributed by atoms with Gasteiger partial charge in [0.15, 0.2) is 0 Å². The maximum Gasteiger partial charge on any atom is 0.126 e. The largest absolute Gasteiger partial charge is 0.389 e. The molecule has 0 amide bonds. The second-order valence-electron chi connectivity index (χ2n) is 5.32. The van der Waals surface area contributed by atoms with Crippen molar-refractivity contribution in [1.82, 2.24) is 5.32 Å². The summed E-state index contributed by atoms with van der Waals surface area (Å²) < 4.78 is 31.2. The van der Waals surface area contributed by atoms with Gasteiger partial charge in [-0.05, 0) is 36.6 Å². The van der Waals surface area contributed by atoms with E-state index >= 15 is 0 Å². The van der Waals surface area contributed by atoms with Gasteiger partial charge >= 0.3 is 0 Å². The van der Waals surface area contributed by atoms with Crippen molar-refractivity contribution < 1.29 is 18.6 Å². The molecule has 0 aliphatic rings. The van der Waals surface area contributed by atoms with Crippen molar-refractivity contribution in [2.24, 2.45) is 5.92 Å². The Morgan fingerprint density at radius 3 is 2.40 bits per heavy atom. The first-order chi connectivity index (χ1) is 9.47. The Hall–Kier alpha value is -1.04. The van der Waals surface area contributed by atoms with Gasteiger partial charge < -0.3 is 15.2 Å². The lowest BCUT2D eigenvalue weighted by Crippen LogP contribution is -2.32. The molecule has 1 rings (SSSR count). The van der Waals surface area contributed by atoms with E-state index in [1.165, 1.54) is 12.1 Å². The number of ether oxygens (including phenoxy) is 1. The summed E-state index contributed by atoms with van der Waals surface area (Å²) in [6.45, 7) is 5.95. The summed E-state index contributed by atoms with van der Waals surface area (Å²) in [5.74, 6) is -0.692. The van der Waals surface area contributed by atoms with Gasteiger partial charge in [-0.3, -0.25) is 0 Å². The van der Waals surface area contributed by atoms with E-state index in [0.29, 0.717) is 44.2 Å². The molecule has 1 unspecified atom stereocenters. The minimum atomic E-state index is -0.571. The smallest absolute Gasteiger partial charge is 0.126 e. The maximum absolute atomic E-state index is 13.0. The predicted molar refractivity (Wildman–Crippen MR) is 74.6 cm³/mol. The topological polar surface area (TPSA) is 41.5 Å². The van der Waals surface area contributed by atoms with Crippen LogP contribution in [0.2, 0.25) is 0 Å². The zero-order chi connectivity index (χ0) is 15.0. The summed E-state index contributed by atoms with van der Waals surface area (Å²) in [5.41, 5.74) is 0.598. The molecular formula is C15H23F2NO2. The third-order valence-corrected chi connectivity index (χ3v) is 2.65. The van der Waals surface area contributed by atoms with Crippen molar-refractivity contribution in [2.45, 2.75) is 26.4 Å². The standard InChI is InChI=1S/C15H23F2NO2/c1-11(2)9-20-10-15(19)8-18-4-3-12-5-13(16)7-14(17)6-12/h5-7,11,15,18-19H,3-4,8-10H2,1-2H3. The van der Waals surface area contributed by atoms with E-state index in [9.17, 15) is 13.9 Å². The first-order valence-electron chi connectivity index (χ1n) is 6.89. The Morgan fingerprint density at radius 2 is 1.80 bits per heavy atom. The molecule has 0 heterocycles. The van der Waals surface area contributed by atoms with E-state index < -0.39 is 17.7 Å². The third-order valence-electron chi connectivity index (χ3n) is 2.65. The fourth-order valence-corrected chi connectivity index (χ4v) is 1.76. The Morgan fingerprint density at radius 1 is 1.15 bits per heavy atom. The molecule has 0 spiro atoms. The van der Waals surface area contributed by atoms with Gasteiger partial charge in [0.25, 0.3) is 0 Å². The summed E-state index contributed by atoms with van der Waals surface area (Å²) in [7, 11) is 0. The quantitative estimate of drug-likeness (QED) is 0.684. The molecule has 2 N–H and O–H groups in total. The van der Waals surface area contributed by atoms with Gasteiger partial charge in [-0.15, -0.1) is 0 Å². The van der Waals surface area contributed by atoms with Gasteiger partial charge in [0.2, 0.25) is 0 Å². The van der Waals surface area contributed by atoms with Gasteiger partial charge in [-0.25, -0.2) is 8.78 Å². The summed E-state index contributed by atoms with van der Waals surface area (Å²) in [5, 5.41) is 12.7. The van der Waals surface area contributed by atoms with Gasteiger partial charge in [-0.1, -0.05) is 13.8 Å². The molecule has 1 atom stereocenters. The minimum Gasteiger partial charge on any atom is -0.389 e. The Balaban J connectivity index is 2.14. The average Bonchev–Trinajstić information content (AvgIpc) is 2.33. The normalized spacial score (nSPS) is 12.9. The van der Waals surface area contributed by atoms with Crippen LogP contribution in [0.3, 0.4) is 0 Å². The average molecular weight is 287 g/mol. The summed E-state index contributed by atoms with van der Waals surface area (Å²) in [6, 6.07) is 3.48. The Kier molecular flexibility index (Phi) is 7.65. The van der Waals surface area contributed by atoms with Gasteiger partial charge in [0.1, 0.15) is 11.6 Å². The molecule has 20 heavy (non-hydrogen) atoms. The van der Waals surface area contributed by atoms with Crippen LogP contribution in [0.25, 0.3) is 0 Å². The minimum absolute atomic E-state index is 0.291. The van der Waals surface area contributed by atoms with Gasteiger partial charge in [0.05, 0.1) is 12.7 Å². The zero-order valence-corrected chi connectivity index (χ0v) is 12.0. The summed E-state index contributed by atoms with van der Waals surface area (Å²) >= 11 is 0. The number of hydrogen-bond donors (Lipinski definition) is 2. The van der Waals surface area contributed by atoms with Crippen molar-refractivity contribution >= 4 is 0 Å². The zero-order valence-electron chi connectivity index (χ0n) is 12.0. The molecule has 0 aliphatic heterocycles. The highest BCUT2D eigenvalue weighted by Crippen LogP contribution is 2.08. The lowest BCUT2D eigenvalue weighted by Gasteiger charge is -2.13. The number of aliphatic hydroxyl groups is 1. The van der Waals surface area contributed by atoms with E-state index in [2.05, 4.69) is 5.32 Å². The van der Waals surface area contributed by atoms with Crippen LogP contribution in [0.15, 0.2) is 18.2 Å². The van der Waals surface area contributed by atoms with Gasteiger partial charge in [-0.2, -0.15) is 0 Å². The summed E-state index contributed by atoms with van der Waals surface area (Å²) in [6.07, 6.45) is -0.0631. The van der Waals surface area contributed by atoms with E-state index in [0.717, 1.165) is 6.07 Å². The van der Waals surface area contributed by atoms with E-state index in [1.54, 1.807) is 0 Å². The monoisotopic (exact) mass is 287 g/mol. The van der Waals surface area contributed by atoms with Gasteiger partial charge in [0, 0.05) is 19.2 Å². The van der Waals surface area contributed by atoms with Crippen molar-refractivity contribution in [3.63, 3.8) is 0 Å². The molecule has 0 radical (unpaired) electrons. The maximum atomic E-state index is 13.0. The SMILES string of the molecule is CC(C)COCC(O)CNCCc1cc(F)cc(F)c1. The first kappa shape index (κ1) is 17.0. The highest BCUT2D eigenvalue weighted by molar-refractivity contribution is 5.18. The Labute approximate surface area is 119 Å². The molecule has 0 bridgehead atoms. The molecular weight excluding hydrogens is 264 g/mol. The number of nitrogens with one attached hydrogen (secondary N) is 1. The van der Waals surface area contributed by atoms with Crippen LogP contribution >= 0.6 is 0 Å². The second-order valence-corrected chi connectivity index (χ2v) is 5.32. The fraction of sp³-hybridized carbons (Fsp3) is 0.600. The predicted octanol–water partition coefficient (Wildman–Crippen LogP) is 2.13. The van der Waals surface area contributed by atoms with Crippen molar-refractivity contribution in [3.8, 4) is 0 Å². The van der Waals surface area contributed by atoms with E-state index in [1.807, 2.05) is 13.8 Å². The molecule has 1 aromatic rings. The summed E-state index contributed by atoms with van der Waals surface area (Å²) in [4.78, 5) is 0. The third kappa shape index (κ3) is 7.53. The number of hydrogen-bond acceptors (Lipinski definition) is 3. The molecule has 1 aromatic carbocycles. The molecule has 0 aliphatic carbocycles. The van der Waals surface area contributed by atoms with Crippen LogP contribution in [0.1, 0.15) is 19.4 Å². The molecule has 0 fully saturated rings. The van der Waals surface area contributed by atoms with Crippen LogP contribution in [0.5, 0.6) is 0 Å². The molecule has 0 saturated carbocycles. The van der Waals surface area contributed by atoms with Crippen LogP contribution in [-0.4, -0.2) is 37.5 Å². The highest BCUT2D eigenvalue weighted by atomic mass is 19.1.